The number of Topliss-reactive ketones (excluding diaryl/α,β-unsaturated/α-hetero) is 1. The third-order valence-electron chi connectivity index (χ3n) is 5.70. The summed E-state index contributed by atoms with van der Waals surface area (Å²) in [4.78, 5) is 13.1. The zero-order valence-corrected chi connectivity index (χ0v) is 16.3. The molecule has 0 unspecified atom stereocenters. The highest BCUT2D eigenvalue weighted by molar-refractivity contribution is 6.14. The molecule has 1 heteroatoms. The van der Waals surface area contributed by atoms with Crippen LogP contribution >= 0.6 is 0 Å². The van der Waals surface area contributed by atoms with Crippen LogP contribution in [0, 0.1) is 0 Å². The van der Waals surface area contributed by atoms with Gasteiger partial charge in [0.2, 0.25) is 0 Å². The van der Waals surface area contributed by atoms with E-state index in [1.807, 2.05) is 0 Å². The SMILES string of the molecule is O=C1C(=Cc2ccc3ccccc3c2)CCCC1=Cc1ccc2ccccc2c1. The number of carbonyl (C=O) groups is 1. The third kappa shape index (κ3) is 3.64. The Kier molecular flexibility index (Phi) is 4.57. The van der Waals surface area contributed by atoms with Crippen molar-refractivity contribution in [2.75, 3.05) is 0 Å². The maximum atomic E-state index is 13.1. The van der Waals surface area contributed by atoms with Crippen molar-refractivity contribution in [3.05, 3.63) is 107 Å². The van der Waals surface area contributed by atoms with Gasteiger partial charge < -0.3 is 0 Å². The van der Waals surface area contributed by atoms with Gasteiger partial charge in [-0.05, 0) is 76.2 Å². The lowest BCUT2D eigenvalue weighted by molar-refractivity contribution is -0.112. The lowest BCUT2D eigenvalue weighted by atomic mass is 9.86. The van der Waals surface area contributed by atoms with Gasteiger partial charge >= 0.3 is 0 Å². The predicted molar refractivity (Wildman–Crippen MR) is 123 cm³/mol. The van der Waals surface area contributed by atoms with Gasteiger partial charge in [0.25, 0.3) is 0 Å². The second-order valence-corrected chi connectivity index (χ2v) is 7.74. The molecule has 1 saturated carbocycles. The Labute approximate surface area is 171 Å². The first-order valence-electron chi connectivity index (χ1n) is 10.2. The third-order valence-corrected chi connectivity index (χ3v) is 5.70. The zero-order valence-electron chi connectivity index (χ0n) is 16.3. The van der Waals surface area contributed by atoms with Crippen LogP contribution in [0.25, 0.3) is 33.7 Å². The van der Waals surface area contributed by atoms with Gasteiger partial charge in [0.05, 0.1) is 0 Å². The second kappa shape index (κ2) is 7.52. The van der Waals surface area contributed by atoms with E-state index in [9.17, 15) is 4.79 Å². The van der Waals surface area contributed by atoms with E-state index in [4.69, 9.17) is 0 Å². The van der Waals surface area contributed by atoms with Crippen LogP contribution in [0.1, 0.15) is 30.4 Å². The Bertz CT molecular complexity index is 1190. The van der Waals surface area contributed by atoms with Crippen molar-refractivity contribution in [1.29, 1.82) is 0 Å². The highest BCUT2D eigenvalue weighted by Crippen LogP contribution is 2.29. The van der Waals surface area contributed by atoms with E-state index in [-0.39, 0.29) is 5.78 Å². The first-order valence-corrected chi connectivity index (χ1v) is 10.2. The van der Waals surface area contributed by atoms with Gasteiger partial charge in [-0.15, -0.1) is 0 Å². The van der Waals surface area contributed by atoms with Gasteiger partial charge in [0.1, 0.15) is 0 Å². The molecule has 1 aliphatic rings. The number of rotatable bonds is 2. The second-order valence-electron chi connectivity index (χ2n) is 7.74. The van der Waals surface area contributed by atoms with Crippen LogP contribution in [0.4, 0.5) is 0 Å². The predicted octanol–water partition coefficient (Wildman–Crippen LogP) is 7.21. The molecule has 0 N–H and O–H groups in total. The maximum Gasteiger partial charge on any atom is 0.185 e. The molecule has 0 aromatic heterocycles. The summed E-state index contributed by atoms with van der Waals surface area (Å²) in [6, 6.07) is 29.4. The number of ketones is 1. The monoisotopic (exact) mass is 374 g/mol. The van der Waals surface area contributed by atoms with Crippen LogP contribution in [0.3, 0.4) is 0 Å². The van der Waals surface area contributed by atoms with E-state index in [2.05, 4.69) is 97.1 Å². The summed E-state index contributed by atoms with van der Waals surface area (Å²) in [5.74, 6) is 0.192. The molecule has 1 fully saturated rings. The molecule has 0 saturated heterocycles. The van der Waals surface area contributed by atoms with Gasteiger partial charge in [0, 0.05) is 11.1 Å². The minimum Gasteiger partial charge on any atom is -0.289 e. The Balaban J connectivity index is 1.47. The van der Waals surface area contributed by atoms with Crippen molar-refractivity contribution in [2.24, 2.45) is 0 Å². The normalized spacial score (nSPS) is 17.4. The van der Waals surface area contributed by atoms with E-state index >= 15 is 0 Å². The average molecular weight is 374 g/mol. The van der Waals surface area contributed by atoms with Crippen molar-refractivity contribution >= 4 is 39.5 Å². The highest BCUT2D eigenvalue weighted by atomic mass is 16.1. The molecule has 1 aliphatic carbocycles. The number of allylic oxidation sites excluding steroid dienone is 2. The van der Waals surface area contributed by atoms with E-state index in [1.165, 1.54) is 21.5 Å². The van der Waals surface area contributed by atoms with E-state index < -0.39 is 0 Å². The van der Waals surface area contributed by atoms with E-state index in [0.29, 0.717) is 0 Å². The fraction of sp³-hybridized carbons (Fsp3) is 0.107. The van der Waals surface area contributed by atoms with Crippen molar-refractivity contribution in [3.8, 4) is 0 Å². The smallest absolute Gasteiger partial charge is 0.185 e. The molecular formula is C28H22O. The van der Waals surface area contributed by atoms with Crippen LogP contribution in [-0.4, -0.2) is 5.78 Å². The zero-order chi connectivity index (χ0) is 19.6. The molecule has 0 spiro atoms. The van der Waals surface area contributed by atoms with Gasteiger partial charge in [-0.2, -0.15) is 0 Å². The molecule has 0 amide bonds. The van der Waals surface area contributed by atoms with Crippen molar-refractivity contribution in [3.63, 3.8) is 0 Å². The topological polar surface area (TPSA) is 17.1 Å². The first-order chi connectivity index (χ1) is 14.3. The van der Waals surface area contributed by atoms with Gasteiger partial charge in [-0.1, -0.05) is 72.8 Å². The Morgan fingerprint density at radius 3 is 1.48 bits per heavy atom. The van der Waals surface area contributed by atoms with Crippen molar-refractivity contribution in [2.45, 2.75) is 19.3 Å². The summed E-state index contributed by atoms with van der Waals surface area (Å²) in [6.07, 6.45) is 6.86. The minimum absolute atomic E-state index is 0.192. The van der Waals surface area contributed by atoms with Gasteiger partial charge in [-0.3, -0.25) is 4.79 Å². The first kappa shape index (κ1) is 17.6. The standard InChI is InChI=1S/C28H22O/c29-28-26(18-20-12-14-22-6-1-3-8-24(22)16-20)10-5-11-27(28)19-21-13-15-23-7-2-4-9-25(23)17-21/h1-4,6-9,12-19H,5,10-11H2. The molecule has 0 heterocycles. The Hall–Kier alpha value is -3.45. The molecule has 4 aromatic carbocycles. The summed E-state index contributed by atoms with van der Waals surface area (Å²) >= 11 is 0. The quantitative estimate of drug-likeness (QED) is 0.339. The van der Waals surface area contributed by atoms with E-state index in [0.717, 1.165) is 41.5 Å². The fourth-order valence-electron chi connectivity index (χ4n) is 4.18. The molecule has 5 rings (SSSR count). The van der Waals surface area contributed by atoms with Crippen LogP contribution in [-0.2, 0) is 4.79 Å². The Morgan fingerprint density at radius 1 is 0.552 bits per heavy atom. The number of benzene rings is 4. The lowest BCUT2D eigenvalue weighted by Gasteiger charge is -2.17. The summed E-state index contributed by atoms with van der Waals surface area (Å²) in [5.41, 5.74) is 4.02. The molecule has 1 nitrogen and oxygen atoms in total. The molecule has 0 atom stereocenters. The van der Waals surface area contributed by atoms with Crippen LogP contribution in [0.5, 0.6) is 0 Å². The highest BCUT2D eigenvalue weighted by Gasteiger charge is 2.20. The van der Waals surface area contributed by atoms with E-state index in [1.54, 1.807) is 0 Å². The van der Waals surface area contributed by atoms with Crippen LogP contribution in [0.2, 0.25) is 0 Å². The molecule has 0 radical (unpaired) electrons. The fourth-order valence-corrected chi connectivity index (χ4v) is 4.18. The molecule has 140 valence electrons. The number of hydrogen-bond donors (Lipinski definition) is 0. The summed E-state index contributed by atoms with van der Waals surface area (Å²) in [6.45, 7) is 0. The summed E-state index contributed by atoms with van der Waals surface area (Å²) in [7, 11) is 0. The van der Waals surface area contributed by atoms with Gasteiger partial charge in [-0.25, -0.2) is 0 Å². The van der Waals surface area contributed by atoms with Crippen molar-refractivity contribution in [1.82, 2.24) is 0 Å². The van der Waals surface area contributed by atoms with Crippen molar-refractivity contribution < 1.29 is 4.79 Å². The molecule has 29 heavy (non-hydrogen) atoms. The minimum atomic E-state index is 0.192. The number of hydrogen-bond acceptors (Lipinski definition) is 1. The summed E-state index contributed by atoms with van der Waals surface area (Å²) < 4.78 is 0. The molecular weight excluding hydrogens is 352 g/mol. The number of fused-ring (bicyclic) bond motifs is 2. The summed E-state index contributed by atoms with van der Waals surface area (Å²) in [5, 5.41) is 4.86. The molecule has 0 bridgehead atoms. The molecule has 4 aromatic rings. The molecule has 0 aliphatic heterocycles. The number of carbonyl (C=O) groups excluding carboxylic acids is 1. The average Bonchev–Trinajstić information content (AvgIpc) is 2.76. The largest absolute Gasteiger partial charge is 0.289 e. The van der Waals surface area contributed by atoms with Gasteiger partial charge in [0.15, 0.2) is 5.78 Å². The maximum absolute atomic E-state index is 13.1. The Morgan fingerprint density at radius 2 is 1.00 bits per heavy atom. The van der Waals surface area contributed by atoms with Crippen LogP contribution < -0.4 is 0 Å². The van der Waals surface area contributed by atoms with Crippen LogP contribution in [0.15, 0.2) is 96.1 Å². The lowest BCUT2D eigenvalue weighted by Crippen LogP contribution is -2.12.